The van der Waals surface area contributed by atoms with E-state index < -0.39 is 0 Å². The molecule has 74 valence electrons. The quantitative estimate of drug-likeness (QED) is 0.602. The molecule has 1 unspecified atom stereocenters. The van der Waals surface area contributed by atoms with Gasteiger partial charge in [0, 0.05) is 13.1 Å². The summed E-state index contributed by atoms with van der Waals surface area (Å²) >= 11 is 0. The minimum atomic E-state index is 0.228. The molecule has 0 radical (unpaired) electrons. The van der Waals surface area contributed by atoms with Crippen LogP contribution in [0.15, 0.2) is 0 Å². The molecule has 0 aliphatic heterocycles. The molecule has 0 fully saturated rings. The second kappa shape index (κ2) is 6.40. The summed E-state index contributed by atoms with van der Waals surface area (Å²) in [4.78, 5) is 2.12. The van der Waals surface area contributed by atoms with E-state index in [4.69, 9.17) is 10.8 Å². The second-order valence-corrected chi connectivity index (χ2v) is 3.73. The molecule has 0 aliphatic rings. The molecule has 0 spiro atoms. The topological polar surface area (TPSA) is 49.5 Å². The van der Waals surface area contributed by atoms with Gasteiger partial charge in [-0.15, -0.1) is 0 Å². The van der Waals surface area contributed by atoms with Gasteiger partial charge in [-0.25, -0.2) is 0 Å². The van der Waals surface area contributed by atoms with Crippen LogP contribution in [-0.4, -0.2) is 43.3 Å². The van der Waals surface area contributed by atoms with E-state index in [1.807, 2.05) is 7.05 Å². The van der Waals surface area contributed by atoms with Crippen molar-refractivity contribution in [3.63, 3.8) is 0 Å². The number of aliphatic hydroxyl groups is 1. The molecule has 0 aromatic rings. The van der Waals surface area contributed by atoms with Gasteiger partial charge in [0.1, 0.15) is 0 Å². The first-order valence-electron chi connectivity index (χ1n) is 4.61. The molecule has 0 aromatic heterocycles. The van der Waals surface area contributed by atoms with Gasteiger partial charge in [0.05, 0.1) is 6.61 Å². The largest absolute Gasteiger partial charge is 0.395 e. The molecule has 0 aliphatic carbocycles. The molecule has 3 nitrogen and oxygen atoms in total. The lowest BCUT2D eigenvalue weighted by Crippen LogP contribution is -2.34. The van der Waals surface area contributed by atoms with E-state index >= 15 is 0 Å². The molecule has 0 heterocycles. The normalized spacial score (nSPS) is 14.2. The van der Waals surface area contributed by atoms with Crippen LogP contribution in [0.1, 0.15) is 13.8 Å². The van der Waals surface area contributed by atoms with Gasteiger partial charge in [0.15, 0.2) is 0 Å². The van der Waals surface area contributed by atoms with Crippen LogP contribution < -0.4 is 5.73 Å². The standard InChI is InChI=1S/C9H22N2O/c1-8(2)9(6-10)7-11(3)4-5-12/h8-9,12H,4-7,10H2,1-3H3. The highest BCUT2D eigenvalue weighted by Crippen LogP contribution is 2.09. The van der Waals surface area contributed by atoms with Crippen LogP contribution in [0.3, 0.4) is 0 Å². The summed E-state index contributed by atoms with van der Waals surface area (Å²) in [5.41, 5.74) is 5.63. The number of nitrogens with two attached hydrogens (primary N) is 1. The average Bonchev–Trinajstić information content (AvgIpc) is 2.00. The van der Waals surface area contributed by atoms with E-state index in [1.54, 1.807) is 0 Å². The van der Waals surface area contributed by atoms with Crippen molar-refractivity contribution < 1.29 is 5.11 Å². The van der Waals surface area contributed by atoms with Gasteiger partial charge in [0.2, 0.25) is 0 Å². The Morgan fingerprint density at radius 3 is 2.33 bits per heavy atom. The number of rotatable bonds is 6. The highest BCUT2D eigenvalue weighted by molar-refractivity contribution is 4.67. The third-order valence-electron chi connectivity index (χ3n) is 2.27. The van der Waals surface area contributed by atoms with Crippen molar-refractivity contribution in [2.45, 2.75) is 13.8 Å². The van der Waals surface area contributed by atoms with Crippen molar-refractivity contribution in [3.05, 3.63) is 0 Å². The first-order chi connectivity index (χ1) is 5.61. The maximum absolute atomic E-state index is 8.69. The lowest BCUT2D eigenvalue weighted by atomic mass is 9.95. The number of aliphatic hydroxyl groups excluding tert-OH is 1. The molecule has 1 atom stereocenters. The zero-order valence-corrected chi connectivity index (χ0v) is 8.45. The third kappa shape index (κ3) is 4.70. The number of nitrogens with zero attached hydrogens (tertiary/aromatic N) is 1. The van der Waals surface area contributed by atoms with Gasteiger partial charge in [-0.2, -0.15) is 0 Å². The fraction of sp³-hybridized carbons (Fsp3) is 1.00. The summed E-state index contributed by atoms with van der Waals surface area (Å²) in [5, 5.41) is 8.69. The van der Waals surface area contributed by atoms with Crippen molar-refractivity contribution >= 4 is 0 Å². The summed E-state index contributed by atoms with van der Waals surface area (Å²) in [6.07, 6.45) is 0. The summed E-state index contributed by atoms with van der Waals surface area (Å²) in [6, 6.07) is 0. The van der Waals surface area contributed by atoms with E-state index in [-0.39, 0.29) is 6.61 Å². The molecular weight excluding hydrogens is 152 g/mol. The van der Waals surface area contributed by atoms with Crippen molar-refractivity contribution in [1.29, 1.82) is 0 Å². The van der Waals surface area contributed by atoms with Gasteiger partial charge in [-0.3, -0.25) is 0 Å². The molecule has 0 saturated carbocycles. The Balaban J connectivity index is 3.69. The van der Waals surface area contributed by atoms with E-state index in [2.05, 4.69) is 18.7 Å². The Morgan fingerprint density at radius 1 is 1.42 bits per heavy atom. The maximum atomic E-state index is 8.69. The van der Waals surface area contributed by atoms with Gasteiger partial charge in [-0.05, 0) is 25.4 Å². The highest BCUT2D eigenvalue weighted by atomic mass is 16.3. The SMILES string of the molecule is CC(C)C(CN)CN(C)CCO. The van der Waals surface area contributed by atoms with E-state index in [9.17, 15) is 0 Å². The van der Waals surface area contributed by atoms with Crippen molar-refractivity contribution in [3.8, 4) is 0 Å². The first kappa shape index (κ1) is 11.9. The summed E-state index contributed by atoms with van der Waals surface area (Å²) in [6.45, 7) is 7.05. The molecule has 0 saturated heterocycles. The van der Waals surface area contributed by atoms with Gasteiger partial charge in [0.25, 0.3) is 0 Å². The Kier molecular flexibility index (Phi) is 6.34. The van der Waals surface area contributed by atoms with Crippen LogP contribution >= 0.6 is 0 Å². The maximum Gasteiger partial charge on any atom is 0.0558 e. The second-order valence-electron chi connectivity index (χ2n) is 3.73. The van der Waals surface area contributed by atoms with Gasteiger partial charge < -0.3 is 15.7 Å². The molecule has 3 heteroatoms. The fourth-order valence-electron chi connectivity index (χ4n) is 1.22. The molecular formula is C9H22N2O. The number of hydrogen-bond donors (Lipinski definition) is 2. The summed E-state index contributed by atoms with van der Waals surface area (Å²) in [5.74, 6) is 1.16. The molecule has 12 heavy (non-hydrogen) atoms. The van der Waals surface area contributed by atoms with Crippen LogP contribution in [-0.2, 0) is 0 Å². The van der Waals surface area contributed by atoms with Crippen LogP contribution in [0.4, 0.5) is 0 Å². The average molecular weight is 174 g/mol. The Morgan fingerprint density at radius 2 is 2.00 bits per heavy atom. The van der Waals surface area contributed by atoms with Crippen LogP contribution in [0.2, 0.25) is 0 Å². The zero-order chi connectivity index (χ0) is 9.56. The lowest BCUT2D eigenvalue weighted by Gasteiger charge is -2.24. The monoisotopic (exact) mass is 174 g/mol. The summed E-state index contributed by atoms with van der Waals surface area (Å²) in [7, 11) is 2.02. The molecule has 0 aromatic carbocycles. The first-order valence-corrected chi connectivity index (χ1v) is 4.61. The summed E-state index contributed by atoms with van der Waals surface area (Å²) < 4.78 is 0. The predicted octanol–water partition coefficient (Wildman–Crippen LogP) is 0.141. The van der Waals surface area contributed by atoms with Crippen LogP contribution in [0.5, 0.6) is 0 Å². The minimum Gasteiger partial charge on any atom is -0.395 e. The van der Waals surface area contributed by atoms with Crippen LogP contribution in [0.25, 0.3) is 0 Å². The number of likely N-dealkylation sites (N-methyl/N-ethyl adjacent to an activating group) is 1. The van der Waals surface area contributed by atoms with Gasteiger partial charge in [-0.1, -0.05) is 13.8 Å². The minimum absolute atomic E-state index is 0.228. The van der Waals surface area contributed by atoms with Crippen molar-refractivity contribution in [2.24, 2.45) is 17.6 Å². The highest BCUT2D eigenvalue weighted by Gasteiger charge is 2.13. The molecule has 0 rings (SSSR count). The third-order valence-corrected chi connectivity index (χ3v) is 2.27. The Labute approximate surface area is 75.6 Å². The van der Waals surface area contributed by atoms with Crippen molar-refractivity contribution in [1.82, 2.24) is 4.90 Å². The Bertz CT molecular complexity index is 107. The molecule has 3 N–H and O–H groups in total. The van der Waals surface area contributed by atoms with E-state index in [1.165, 1.54) is 0 Å². The van der Waals surface area contributed by atoms with E-state index in [0.29, 0.717) is 11.8 Å². The molecule has 0 bridgehead atoms. The number of hydrogen-bond acceptors (Lipinski definition) is 3. The zero-order valence-electron chi connectivity index (χ0n) is 8.45. The van der Waals surface area contributed by atoms with Gasteiger partial charge >= 0.3 is 0 Å². The smallest absolute Gasteiger partial charge is 0.0558 e. The van der Waals surface area contributed by atoms with E-state index in [0.717, 1.165) is 19.6 Å². The lowest BCUT2D eigenvalue weighted by molar-refractivity contribution is 0.188. The molecule has 0 amide bonds. The van der Waals surface area contributed by atoms with Crippen molar-refractivity contribution in [2.75, 3.05) is 33.3 Å². The van der Waals surface area contributed by atoms with Crippen LogP contribution in [0, 0.1) is 11.8 Å². The fourth-order valence-corrected chi connectivity index (χ4v) is 1.22. The Hall–Kier alpha value is -0.120. The predicted molar refractivity (Wildman–Crippen MR) is 52.0 cm³/mol.